The van der Waals surface area contributed by atoms with Gasteiger partial charge in [-0.1, -0.05) is 36.4 Å². The molecule has 22 heavy (non-hydrogen) atoms. The van der Waals surface area contributed by atoms with Crippen molar-refractivity contribution in [1.82, 2.24) is 5.32 Å². The summed E-state index contributed by atoms with van der Waals surface area (Å²) in [6.45, 7) is 3.53. The number of hydrogen-bond acceptors (Lipinski definition) is 3. The van der Waals surface area contributed by atoms with Gasteiger partial charge in [-0.05, 0) is 37.1 Å². The van der Waals surface area contributed by atoms with Crippen LogP contribution in [0.25, 0.3) is 0 Å². The summed E-state index contributed by atoms with van der Waals surface area (Å²) in [6, 6.07) is 14.0. The highest BCUT2D eigenvalue weighted by Crippen LogP contribution is 2.17. The summed E-state index contributed by atoms with van der Waals surface area (Å²) in [5, 5.41) is 22.6. The lowest BCUT2D eigenvalue weighted by Gasteiger charge is -2.20. The molecule has 3 N–H and O–H groups in total. The Morgan fingerprint density at radius 1 is 1.18 bits per heavy atom. The van der Waals surface area contributed by atoms with Gasteiger partial charge in [0.15, 0.2) is 0 Å². The van der Waals surface area contributed by atoms with Crippen molar-refractivity contribution in [2.24, 2.45) is 0 Å². The summed E-state index contributed by atoms with van der Waals surface area (Å²) in [5.74, 6) is -0.222. The molecule has 0 heterocycles. The van der Waals surface area contributed by atoms with E-state index in [0.717, 1.165) is 5.56 Å². The summed E-state index contributed by atoms with van der Waals surface area (Å²) in [5.41, 5.74) is 2.11. The average Bonchev–Trinajstić information content (AvgIpc) is 2.50. The van der Waals surface area contributed by atoms with Crippen molar-refractivity contribution in [3.8, 4) is 5.75 Å². The molecule has 2 rings (SSSR count). The second-order valence-electron chi connectivity index (χ2n) is 5.52. The van der Waals surface area contributed by atoms with Crippen LogP contribution in [0.5, 0.6) is 5.75 Å². The highest BCUT2D eigenvalue weighted by molar-refractivity contribution is 5.94. The molecule has 4 nitrogen and oxygen atoms in total. The first-order valence-electron chi connectivity index (χ1n) is 7.30. The smallest absolute Gasteiger partial charge is 0.251 e. The fraction of sp³-hybridized carbons (Fsp3) is 0.278. The van der Waals surface area contributed by atoms with Crippen molar-refractivity contribution in [3.63, 3.8) is 0 Å². The van der Waals surface area contributed by atoms with E-state index in [1.807, 2.05) is 30.3 Å². The van der Waals surface area contributed by atoms with E-state index < -0.39 is 12.1 Å². The number of hydrogen-bond donors (Lipinski definition) is 3. The number of benzene rings is 2. The van der Waals surface area contributed by atoms with Gasteiger partial charge in [-0.2, -0.15) is 0 Å². The lowest BCUT2D eigenvalue weighted by atomic mass is 10.0. The zero-order valence-corrected chi connectivity index (χ0v) is 12.8. The van der Waals surface area contributed by atoms with Crippen LogP contribution in [0.2, 0.25) is 0 Å². The van der Waals surface area contributed by atoms with Gasteiger partial charge in [0.05, 0.1) is 12.1 Å². The molecule has 2 atom stereocenters. The predicted molar refractivity (Wildman–Crippen MR) is 85.9 cm³/mol. The van der Waals surface area contributed by atoms with Crippen LogP contribution in [0.15, 0.2) is 48.5 Å². The molecule has 0 radical (unpaired) electrons. The molecule has 0 spiro atoms. The van der Waals surface area contributed by atoms with Crippen LogP contribution in [0.1, 0.15) is 28.4 Å². The van der Waals surface area contributed by atoms with Gasteiger partial charge in [-0.3, -0.25) is 4.79 Å². The zero-order chi connectivity index (χ0) is 16.1. The molecule has 2 unspecified atom stereocenters. The molecule has 0 saturated heterocycles. The van der Waals surface area contributed by atoms with Crippen LogP contribution >= 0.6 is 0 Å². The number of carbonyl (C=O) groups excluding carboxylic acids is 1. The Bertz CT molecular complexity index is 640. The zero-order valence-electron chi connectivity index (χ0n) is 12.8. The van der Waals surface area contributed by atoms with Crippen molar-refractivity contribution in [2.45, 2.75) is 32.4 Å². The summed E-state index contributed by atoms with van der Waals surface area (Å²) >= 11 is 0. The highest BCUT2D eigenvalue weighted by atomic mass is 16.3. The van der Waals surface area contributed by atoms with Crippen molar-refractivity contribution in [3.05, 3.63) is 65.2 Å². The molecule has 0 aliphatic heterocycles. The molecule has 4 heteroatoms. The van der Waals surface area contributed by atoms with E-state index in [4.69, 9.17) is 0 Å². The standard InChI is InChI=1S/C18H21NO3/c1-12-8-9-15(11-16(12)20)18(22)19-13(2)17(21)10-14-6-4-3-5-7-14/h3-9,11,13,17,20-21H,10H2,1-2H3,(H,19,22). The third kappa shape index (κ3) is 4.09. The minimum Gasteiger partial charge on any atom is -0.508 e. The Labute approximate surface area is 130 Å². The summed E-state index contributed by atoms with van der Waals surface area (Å²) in [7, 11) is 0. The third-order valence-electron chi connectivity index (χ3n) is 3.69. The van der Waals surface area contributed by atoms with E-state index >= 15 is 0 Å². The molecule has 1 amide bonds. The van der Waals surface area contributed by atoms with Gasteiger partial charge in [-0.25, -0.2) is 0 Å². The van der Waals surface area contributed by atoms with Crippen molar-refractivity contribution >= 4 is 5.91 Å². The Morgan fingerprint density at radius 3 is 2.50 bits per heavy atom. The molecule has 0 aliphatic rings. The minimum atomic E-state index is -0.676. The first kappa shape index (κ1) is 16.0. The molecule has 0 fully saturated rings. The van der Waals surface area contributed by atoms with Crippen LogP contribution < -0.4 is 5.32 Å². The Hall–Kier alpha value is -2.33. The monoisotopic (exact) mass is 299 g/mol. The first-order valence-corrected chi connectivity index (χ1v) is 7.30. The number of aliphatic hydroxyl groups excluding tert-OH is 1. The number of carbonyl (C=O) groups is 1. The van der Waals surface area contributed by atoms with E-state index in [1.165, 1.54) is 6.07 Å². The third-order valence-corrected chi connectivity index (χ3v) is 3.69. The second-order valence-corrected chi connectivity index (χ2v) is 5.52. The topological polar surface area (TPSA) is 69.6 Å². The normalized spacial score (nSPS) is 13.4. The maximum atomic E-state index is 12.1. The van der Waals surface area contributed by atoms with Gasteiger partial charge >= 0.3 is 0 Å². The SMILES string of the molecule is Cc1ccc(C(=O)NC(C)C(O)Cc2ccccc2)cc1O. The first-order chi connectivity index (χ1) is 10.5. The molecule has 2 aromatic carbocycles. The maximum absolute atomic E-state index is 12.1. The largest absolute Gasteiger partial charge is 0.508 e. The van der Waals surface area contributed by atoms with Crippen molar-refractivity contribution in [1.29, 1.82) is 0 Å². The molecule has 0 aromatic heterocycles. The number of nitrogens with one attached hydrogen (secondary N) is 1. The number of rotatable bonds is 5. The van der Waals surface area contributed by atoms with Gasteiger partial charge < -0.3 is 15.5 Å². The minimum absolute atomic E-state index is 0.0881. The average molecular weight is 299 g/mol. The van der Waals surface area contributed by atoms with Crippen LogP contribution in [-0.4, -0.2) is 28.3 Å². The summed E-state index contributed by atoms with van der Waals surface area (Å²) in [4.78, 5) is 12.1. The summed E-state index contributed by atoms with van der Waals surface area (Å²) in [6.07, 6.45) is -0.202. The Morgan fingerprint density at radius 2 is 1.86 bits per heavy atom. The van der Waals surface area contributed by atoms with E-state index in [-0.39, 0.29) is 11.7 Å². The molecule has 0 bridgehead atoms. The quantitative estimate of drug-likeness (QED) is 0.794. The Kier molecular flexibility index (Phi) is 5.17. The van der Waals surface area contributed by atoms with E-state index in [2.05, 4.69) is 5.32 Å². The lowest BCUT2D eigenvalue weighted by molar-refractivity contribution is 0.0851. The van der Waals surface area contributed by atoms with Crippen molar-refractivity contribution in [2.75, 3.05) is 0 Å². The van der Waals surface area contributed by atoms with E-state index in [1.54, 1.807) is 26.0 Å². The number of phenolic OH excluding ortho intramolecular Hbond substituents is 1. The molecule has 0 saturated carbocycles. The van der Waals surface area contributed by atoms with Gasteiger partial charge in [0.25, 0.3) is 5.91 Å². The Balaban J connectivity index is 1.96. The van der Waals surface area contributed by atoms with Gasteiger partial charge in [0.1, 0.15) is 5.75 Å². The number of aromatic hydroxyl groups is 1. The van der Waals surface area contributed by atoms with Gasteiger partial charge in [-0.15, -0.1) is 0 Å². The number of amides is 1. The number of aliphatic hydroxyl groups is 1. The second kappa shape index (κ2) is 7.09. The maximum Gasteiger partial charge on any atom is 0.251 e. The highest BCUT2D eigenvalue weighted by Gasteiger charge is 2.18. The van der Waals surface area contributed by atoms with Gasteiger partial charge in [0.2, 0.25) is 0 Å². The van der Waals surface area contributed by atoms with Crippen LogP contribution in [0.3, 0.4) is 0 Å². The van der Waals surface area contributed by atoms with Gasteiger partial charge in [0, 0.05) is 12.0 Å². The molecular weight excluding hydrogens is 278 g/mol. The molecule has 0 aliphatic carbocycles. The molecule has 116 valence electrons. The van der Waals surface area contributed by atoms with Crippen LogP contribution in [0, 0.1) is 6.92 Å². The fourth-order valence-electron chi connectivity index (χ4n) is 2.17. The van der Waals surface area contributed by atoms with Crippen molar-refractivity contribution < 1.29 is 15.0 Å². The molecular formula is C18H21NO3. The van der Waals surface area contributed by atoms with E-state index in [9.17, 15) is 15.0 Å². The lowest BCUT2D eigenvalue weighted by Crippen LogP contribution is -2.42. The summed E-state index contributed by atoms with van der Waals surface area (Å²) < 4.78 is 0. The number of aryl methyl sites for hydroxylation is 1. The van der Waals surface area contributed by atoms with Crippen LogP contribution in [0.4, 0.5) is 0 Å². The fourth-order valence-corrected chi connectivity index (χ4v) is 2.17. The number of phenols is 1. The molecule has 2 aromatic rings. The van der Waals surface area contributed by atoms with Crippen LogP contribution in [-0.2, 0) is 6.42 Å². The predicted octanol–water partition coefficient (Wildman–Crippen LogP) is 2.42. The van der Waals surface area contributed by atoms with E-state index in [0.29, 0.717) is 17.5 Å².